The van der Waals surface area contributed by atoms with Crippen molar-refractivity contribution in [3.8, 4) is 5.75 Å². The van der Waals surface area contributed by atoms with Crippen LogP contribution in [0.5, 0.6) is 5.75 Å². The summed E-state index contributed by atoms with van der Waals surface area (Å²) in [5.74, 6) is 0.775. The van der Waals surface area contributed by atoms with Gasteiger partial charge in [0.05, 0.1) is 0 Å². The summed E-state index contributed by atoms with van der Waals surface area (Å²) in [6.45, 7) is 6.58. The molecule has 2 aliphatic carbocycles. The monoisotopic (exact) mass is 412 g/mol. The molecule has 0 aromatic heterocycles. The van der Waals surface area contributed by atoms with E-state index in [1.54, 1.807) is 0 Å². The molecule has 2 fully saturated rings. The fourth-order valence-electron chi connectivity index (χ4n) is 6.31. The summed E-state index contributed by atoms with van der Waals surface area (Å²) >= 11 is 0. The van der Waals surface area contributed by atoms with Gasteiger partial charge in [-0.25, -0.2) is 4.79 Å². The summed E-state index contributed by atoms with van der Waals surface area (Å²) in [6.07, 6.45) is 8.24. The molecule has 1 N–H and O–H groups in total. The lowest BCUT2D eigenvalue weighted by Crippen LogP contribution is -2.59. The third-order valence-corrected chi connectivity index (χ3v) is 8.13. The lowest BCUT2D eigenvalue weighted by molar-refractivity contribution is -0.140. The fraction of sp³-hybridized carbons (Fsp3) is 0.680. The van der Waals surface area contributed by atoms with E-state index in [-0.39, 0.29) is 23.2 Å². The Bertz CT molecular complexity index is 823. The number of nitrogens with one attached hydrogen (secondary N) is 1. The van der Waals surface area contributed by atoms with Crippen LogP contribution in [-0.4, -0.2) is 42.5 Å². The van der Waals surface area contributed by atoms with Gasteiger partial charge in [0.15, 0.2) is 0 Å². The van der Waals surface area contributed by atoms with Crippen molar-refractivity contribution < 1.29 is 14.3 Å². The maximum Gasteiger partial charge on any atom is 0.334 e. The summed E-state index contributed by atoms with van der Waals surface area (Å²) in [6, 6.07) is 6.28. The molecule has 164 valence electrons. The number of rotatable bonds is 5. The van der Waals surface area contributed by atoms with Gasteiger partial charge in [-0.1, -0.05) is 39.2 Å². The third-order valence-electron chi connectivity index (χ3n) is 8.13. The molecule has 0 unspecified atom stereocenters. The molecular formula is C25H36N2O3. The van der Waals surface area contributed by atoms with Gasteiger partial charge in [0.1, 0.15) is 11.8 Å². The number of fused-ring (bicyclic) bond motifs is 1. The molecule has 3 aliphatic rings. The Balaban J connectivity index is 1.63. The molecule has 1 saturated carbocycles. The summed E-state index contributed by atoms with van der Waals surface area (Å²) in [4.78, 5) is 27.1. The van der Waals surface area contributed by atoms with Crippen LogP contribution in [-0.2, 0) is 21.4 Å². The second-order valence-corrected chi connectivity index (χ2v) is 9.81. The fourth-order valence-corrected chi connectivity index (χ4v) is 6.31. The smallest absolute Gasteiger partial charge is 0.334 e. The van der Waals surface area contributed by atoms with Crippen molar-refractivity contribution in [2.75, 3.05) is 13.6 Å². The van der Waals surface area contributed by atoms with Crippen LogP contribution in [0.25, 0.3) is 0 Å². The van der Waals surface area contributed by atoms with Gasteiger partial charge in [-0.05, 0) is 74.4 Å². The van der Waals surface area contributed by atoms with E-state index in [4.69, 9.17) is 4.74 Å². The van der Waals surface area contributed by atoms with E-state index in [0.29, 0.717) is 17.7 Å². The van der Waals surface area contributed by atoms with Gasteiger partial charge in [0, 0.05) is 18.4 Å². The number of benzene rings is 1. The highest BCUT2D eigenvalue weighted by molar-refractivity contribution is 5.84. The van der Waals surface area contributed by atoms with Gasteiger partial charge in [0.25, 0.3) is 0 Å². The lowest BCUT2D eigenvalue weighted by Gasteiger charge is -2.58. The van der Waals surface area contributed by atoms with Crippen LogP contribution < -0.4 is 10.1 Å². The molecule has 1 heterocycles. The molecule has 1 amide bonds. The van der Waals surface area contributed by atoms with Crippen molar-refractivity contribution >= 4 is 11.9 Å². The maximum atomic E-state index is 12.9. The van der Waals surface area contributed by atoms with E-state index in [1.165, 1.54) is 50.2 Å². The zero-order chi connectivity index (χ0) is 21.5. The van der Waals surface area contributed by atoms with Crippen molar-refractivity contribution in [2.24, 2.45) is 11.8 Å². The molecule has 0 radical (unpaired) electrons. The van der Waals surface area contributed by atoms with Crippen molar-refractivity contribution in [3.63, 3.8) is 0 Å². The molecule has 2 bridgehead atoms. The van der Waals surface area contributed by atoms with Crippen LogP contribution >= 0.6 is 0 Å². The van der Waals surface area contributed by atoms with Crippen molar-refractivity contribution in [1.82, 2.24) is 10.2 Å². The number of amides is 1. The first kappa shape index (κ1) is 21.4. The number of hydrogen-bond acceptors (Lipinski definition) is 4. The molecule has 1 aliphatic heterocycles. The van der Waals surface area contributed by atoms with Gasteiger partial charge < -0.3 is 15.0 Å². The molecule has 0 spiro atoms. The number of hydrogen-bond donors (Lipinski definition) is 1. The zero-order valence-electron chi connectivity index (χ0n) is 18.9. The van der Waals surface area contributed by atoms with E-state index in [1.807, 2.05) is 19.9 Å². The summed E-state index contributed by atoms with van der Waals surface area (Å²) < 4.78 is 5.84. The first-order valence-electron chi connectivity index (χ1n) is 11.7. The minimum absolute atomic E-state index is 0.0231. The molecule has 1 aromatic carbocycles. The minimum Gasteiger partial charge on any atom is -0.425 e. The maximum absolute atomic E-state index is 12.9. The SMILES string of the molecule is CC[C@H](C)[C@H](NC(C)=O)C(=O)Oc1ccc2c(c1)[C@]13CCCC[C@@H]1[C@H](C2)N(C)CC3. The zero-order valence-corrected chi connectivity index (χ0v) is 18.9. The molecule has 30 heavy (non-hydrogen) atoms. The van der Waals surface area contributed by atoms with Crippen LogP contribution in [0.4, 0.5) is 0 Å². The average Bonchev–Trinajstić information content (AvgIpc) is 2.74. The standard InChI is InChI=1S/C25H36N2O3/c1-5-16(2)23(26-17(3)28)24(29)30-19-10-9-18-14-22-20-8-6-7-11-25(20,21(18)15-19)12-13-27(22)4/h9-10,15-16,20,22-23H,5-8,11-14H2,1-4H3,(H,26,28)/t16-,20+,22-,23-,25-/m0/s1. The number of nitrogens with zero attached hydrogens (tertiary/aromatic N) is 1. The van der Waals surface area contributed by atoms with Crippen LogP contribution in [0.15, 0.2) is 18.2 Å². The number of likely N-dealkylation sites (N-methyl/N-ethyl adjacent to an activating group) is 1. The molecule has 1 saturated heterocycles. The highest BCUT2D eigenvalue weighted by atomic mass is 16.5. The largest absolute Gasteiger partial charge is 0.425 e. The molecule has 4 rings (SSSR count). The highest BCUT2D eigenvalue weighted by Gasteiger charge is 2.53. The Morgan fingerprint density at radius 1 is 1.30 bits per heavy atom. The van der Waals surface area contributed by atoms with Gasteiger partial charge in [0.2, 0.25) is 5.91 Å². The first-order chi connectivity index (χ1) is 14.4. The quantitative estimate of drug-likeness (QED) is 0.590. The van der Waals surface area contributed by atoms with Gasteiger partial charge in [-0.2, -0.15) is 0 Å². The second-order valence-electron chi connectivity index (χ2n) is 9.81. The Morgan fingerprint density at radius 2 is 2.10 bits per heavy atom. The number of ether oxygens (including phenoxy) is 1. The number of carbonyl (C=O) groups excluding carboxylic acids is 2. The van der Waals surface area contributed by atoms with Crippen LogP contribution in [0, 0.1) is 11.8 Å². The van der Waals surface area contributed by atoms with Gasteiger partial charge in [-0.15, -0.1) is 0 Å². The Kier molecular flexibility index (Phi) is 5.93. The Hall–Kier alpha value is -1.88. The average molecular weight is 413 g/mol. The van der Waals surface area contributed by atoms with Crippen molar-refractivity contribution in [2.45, 2.75) is 83.2 Å². The first-order valence-corrected chi connectivity index (χ1v) is 11.7. The molecule has 1 aromatic rings. The van der Waals surface area contributed by atoms with Crippen LogP contribution in [0.3, 0.4) is 0 Å². The van der Waals surface area contributed by atoms with E-state index in [0.717, 1.165) is 19.4 Å². The molecule has 5 atom stereocenters. The van der Waals surface area contributed by atoms with E-state index < -0.39 is 6.04 Å². The van der Waals surface area contributed by atoms with E-state index in [2.05, 4.69) is 29.4 Å². The molecule has 5 nitrogen and oxygen atoms in total. The van der Waals surface area contributed by atoms with Gasteiger partial charge >= 0.3 is 5.97 Å². The van der Waals surface area contributed by atoms with Crippen molar-refractivity contribution in [3.05, 3.63) is 29.3 Å². The topological polar surface area (TPSA) is 58.6 Å². The van der Waals surface area contributed by atoms with Gasteiger partial charge in [-0.3, -0.25) is 4.79 Å². The molecule has 5 heteroatoms. The Labute approximate surface area is 180 Å². The number of carbonyl (C=O) groups is 2. The van der Waals surface area contributed by atoms with Crippen LogP contribution in [0.2, 0.25) is 0 Å². The third kappa shape index (κ3) is 3.66. The number of likely N-dealkylation sites (tertiary alicyclic amines) is 1. The predicted octanol–water partition coefficient (Wildman–Crippen LogP) is 3.83. The molecular weight excluding hydrogens is 376 g/mol. The number of piperidine rings is 1. The highest BCUT2D eigenvalue weighted by Crippen LogP contribution is 2.55. The Morgan fingerprint density at radius 3 is 2.83 bits per heavy atom. The second kappa shape index (κ2) is 8.33. The minimum atomic E-state index is -0.614. The van der Waals surface area contributed by atoms with E-state index in [9.17, 15) is 9.59 Å². The lowest BCUT2D eigenvalue weighted by atomic mass is 9.52. The van der Waals surface area contributed by atoms with E-state index >= 15 is 0 Å². The van der Waals surface area contributed by atoms with Crippen LogP contribution in [0.1, 0.15) is 70.4 Å². The summed E-state index contributed by atoms with van der Waals surface area (Å²) in [7, 11) is 2.28. The number of esters is 1. The van der Waals surface area contributed by atoms with Crippen molar-refractivity contribution in [1.29, 1.82) is 0 Å². The summed E-state index contributed by atoms with van der Waals surface area (Å²) in [5, 5.41) is 2.78. The summed E-state index contributed by atoms with van der Waals surface area (Å²) in [5.41, 5.74) is 3.07. The normalized spacial score (nSPS) is 29.9. The predicted molar refractivity (Wildman–Crippen MR) is 118 cm³/mol.